The van der Waals surface area contributed by atoms with Gasteiger partial charge < -0.3 is 19.9 Å². The lowest BCUT2D eigenvalue weighted by Gasteiger charge is -2.35. The van der Waals surface area contributed by atoms with E-state index in [4.69, 9.17) is 9.26 Å². The first-order valence-corrected chi connectivity index (χ1v) is 8.20. The number of hydrogen-bond donors (Lipinski definition) is 2. The number of nitrogens with zero attached hydrogens (tertiary/aromatic N) is 2. The summed E-state index contributed by atoms with van der Waals surface area (Å²) >= 11 is 0. The summed E-state index contributed by atoms with van der Waals surface area (Å²) in [6.07, 6.45) is 1.20. The van der Waals surface area contributed by atoms with Crippen molar-refractivity contribution in [3.05, 3.63) is 36.0 Å². The van der Waals surface area contributed by atoms with Gasteiger partial charge in [0.15, 0.2) is 0 Å². The predicted molar refractivity (Wildman–Crippen MR) is 95.3 cm³/mol. The fraction of sp³-hybridized carbons (Fsp3) is 0.471. The Labute approximate surface area is 157 Å². The molecule has 1 amide bonds. The number of amides is 1. The highest BCUT2D eigenvalue weighted by Gasteiger charge is 2.40. The minimum absolute atomic E-state index is 0. The third kappa shape index (κ3) is 4.20. The minimum Gasteiger partial charge on any atom is -0.368 e. The third-order valence-electron chi connectivity index (χ3n) is 4.46. The van der Waals surface area contributed by atoms with E-state index in [1.165, 1.54) is 12.1 Å². The van der Waals surface area contributed by atoms with E-state index in [0.717, 1.165) is 13.1 Å². The number of carbonyl (C=O) groups is 1. The van der Waals surface area contributed by atoms with Gasteiger partial charge in [0, 0.05) is 12.7 Å². The maximum absolute atomic E-state index is 13.3. The van der Waals surface area contributed by atoms with Crippen molar-refractivity contribution in [2.24, 2.45) is 0 Å². The van der Waals surface area contributed by atoms with Crippen molar-refractivity contribution in [2.75, 3.05) is 20.2 Å². The molecule has 0 aliphatic carbocycles. The van der Waals surface area contributed by atoms with Gasteiger partial charge in [-0.3, -0.25) is 4.79 Å². The minimum atomic E-state index is -0.842. The summed E-state index contributed by atoms with van der Waals surface area (Å²) in [6, 6.07) is 5.45. The number of nitrogens with one attached hydrogen (secondary N) is 2. The van der Waals surface area contributed by atoms with Crippen LogP contribution in [0.4, 0.5) is 4.39 Å². The van der Waals surface area contributed by atoms with Crippen LogP contribution in [0.1, 0.15) is 31.7 Å². The number of halogens is 2. The molecule has 9 heteroatoms. The number of aromatic nitrogens is 2. The Morgan fingerprint density at radius 2 is 2.15 bits per heavy atom. The molecule has 1 aromatic heterocycles. The van der Waals surface area contributed by atoms with Crippen LogP contribution in [0.5, 0.6) is 0 Å². The fourth-order valence-corrected chi connectivity index (χ4v) is 2.90. The standard InChI is InChI=1S/C17H21FN4O3.ClH/c1-11(20-16(23)17(24-2)6-8-19-9-7-17)15-21-14(22-25-15)12-4-3-5-13(18)10-12;/h3-5,10-11,19H,6-9H2,1-2H3,(H,20,23);1H. The number of methoxy groups -OCH3 is 1. The smallest absolute Gasteiger partial charge is 0.252 e. The van der Waals surface area contributed by atoms with Gasteiger partial charge in [-0.25, -0.2) is 4.39 Å². The monoisotopic (exact) mass is 384 g/mol. The van der Waals surface area contributed by atoms with Crippen molar-refractivity contribution in [2.45, 2.75) is 31.4 Å². The van der Waals surface area contributed by atoms with Gasteiger partial charge in [0.25, 0.3) is 5.91 Å². The summed E-state index contributed by atoms with van der Waals surface area (Å²) in [6.45, 7) is 3.20. The second-order valence-electron chi connectivity index (χ2n) is 6.11. The van der Waals surface area contributed by atoms with E-state index in [9.17, 15) is 9.18 Å². The summed E-state index contributed by atoms with van der Waals surface area (Å²) in [5, 5.41) is 9.94. The highest BCUT2D eigenvalue weighted by molar-refractivity contribution is 5.86. The lowest BCUT2D eigenvalue weighted by Crippen LogP contribution is -2.54. The van der Waals surface area contributed by atoms with Gasteiger partial charge in [-0.2, -0.15) is 4.98 Å². The van der Waals surface area contributed by atoms with Crippen LogP contribution in [0.3, 0.4) is 0 Å². The lowest BCUT2D eigenvalue weighted by atomic mass is 9.91. The molecule has 1 atom stereocenters. The van der Waals surface area contributed by atoms with Crippen LogP contribution in [0.2, 0.25) is 0 Å². The summed E-state index contributed by atoms with van der Waals surface area (Å²) in [5.41, 5.74) is -0.328. The Morgan fingerprint density at radius 3 is 2.81 bits per heavy atom. The summed E-state index contributed by atoms with van der Waals surface area (Å²) in [7, 11) is 1.55. The molecule has 7 nitrogen and oxygen atoms in total. The lowest BCUT2D eigenvalue weighted by molar-refractivity contribution is -0.147. The van der Waals surface area contributed by atoms with Crippen LogP contribution in [-0.4, -0.2) is 41.8 Å². The topological polar surface area (TPSA) is 89.3 Å². The van der Waals surface area contributed by atoms with Gasteiger partial charge in [0.1, 0.15) is 17.5 Å². The van der Waals surface area contributed by atoms with Crippen molar-refractivity contribution in [3.8, 4) is 11.4 Å². The second-order valence-corrected chi connectivity index (χ2v) is 6.11. The largest absolute Gasteiger partial charge is 0.368 e. The van der Waals surface area contributed by atoms with Crippen LogP contribution in [0.25, 0.3) is 11.4 Å². The molecule has 3 rings (SSSR count). The second kappa shape index (κ2) is 8.57. The number of benzene rings is 1. The molecule has 1 saturated heterocycles. The van der Waals surface area contributed by atoms with Crippen LogP contribution < -0.4 is 10.6 Å². The van der Waals surface area contributed by atoms with Crippen molar-refractivity contribution in [1.82, 2.24) is 20.8 Å². The van der Waals surface area contributed by atoms with Crippen LogP contribution in [0.15, 0.2) is 28.8 Å². The number of carbonyl (C=O) groups excluding carboxylic acids is 1. The molecule has 142 valence electrons. The van der Waals surface area contributed by atoms with Gasteiger partial charge >= 0.3 is 0 Å². The first-order chi connectivity index (χ1) is 12.0. The van der Waals surface area contributed by atoms with Crippen LogP contribution in [0, 0.1) is 5.82 Å². The SMILES string of the molecule is COC1(C(=O)NC(C)c2nc(-c3cccc(F)c3)no2)CCNCC1.Cl. The van der Waals surface area contributed by atoms with Crippen LogP contribution in [-0.2, 0) is 9.53 Å². The molecule has 1 aromatic carbocycles. The van der Waals surface area contributed by atoms with Gasteiger partial charge in [-0.15, -0.1) is 12.4 Å². The van der Waals surface area contributed by atoms with E-state index >= 15 is 0 Å². The zero-order chi connectivity index (χ0) is 17.9. The Hall–Kier alpha value is -2.03. The van der Waals surface area contributed by atoms with Crippen molar-refractivity contribution < 1.29 is 18.4 Å². The molecule has 1 aliphatic heterocycles. The van der Waals surface area contributed by atoms with E-state index in [2.05, 4.69) is 20.8 Å². The highest BCUT2D eigenvalue weighted by atomic mass is 35.5. The molecule has 1 unspecified atom stereocenters. The van der Waals surface area contributed by atoms with Gasteiger partial charge in [0.2, 0.25) is 11.7 Å². The molecule has 0 bridgehead atoms. The summed E-state index contributed by atoms with van der Waals surface area (Å²) < 4.78 is 24.0. The predicted octanol–water partition coefficient (Wildman–Crippen LogP) is 2.24. The van der Waals surface area contributed by atoms with Crippen molar-refractivity contribution >= 4 is 18.3 Å². The average molecular weight is 385 g/mol. The van der Waals surface area contributed by atoms with E-state index in [0.29, 0.717) is 18.4 Å². The third-order valence-corrected chi connectivity index (χ3v) is 4.46. The number of rotatable bonds is 5. The molecular formula is C17H22ClFN4O3. The first-order valence-electron chi connectivity index (χ1n) is 8.20. The normalized spacial score (nSPS) is 17.2. The van der Waals surface area contributed by atoms with Gasteiger partial charge in [0.05, 0.1) is 0 Å². The van der Waals surface area contributed by atoms with E-state index in [-0.39, 0.29) is 35.8 Å². The molecule has 2 heterocycles. The molecule has 1 aliphatic rings. The molecule has 1 fully saturated rings. The zero-order valence-corrected chi connectivity index (χ0v) is 15.4. The Kier molecular flexibility index (Phi) is 6.69. The maximum Gasteiger partial charge on any atom is 0.252 e. The summed E-state index contributed by atoms with van der Waals surface area (Å²) in [5.74, 6) is -0.0423. The molecule has 26 heavy (non-hydrogen) atoms. The van der Waals surface area contributed by atoms with E-state index < -0.39 is 11.6 Å². The number of ether oxygens (including phenoxy) is 1. The van der Waals surface area contributed by atoms with Crippen LogP contribution >= 0.6 is 12.4 Å². The molecular weight excluding hydrogens is 363 g/mol. The van der Waals surface area contributed by atoms with E-state index in [1.807, 2.05) is 0 Å². The zero-order valence-electron chi connectivity index (χ0n) is 14.6. The Balaban J connectivity index is 0.00000243. The Morgan fingerprint density at radius 1 is 1.42 bits per heavy atom. The molecule has 2 aromatic rings. The molecule has 2 N–H and O–H groups in total. The average Bonchev–Trinajstić information content (AvgIpc) is 3.12. The van der Waals surface area contributed by atoms with E-state index in [1.54, 1.807) is 26.2 Å². The van der Waals surface area contributed by atoms with Gasteiger partial charge in [-0.05, 0) is 45.0 Å². The number of hydrogen-bond acceptors (Lipinski definition) is 6. The van der Waals surface area contributed by atoms with Gasteiger partial charge in [-0.1, -0.05) is 17.3 Å². The van der Waals surface area contributed by atoms with Crippen molar-refractivity contribution in [1.29, 1.82) is 0 Å². The van der Waals surface area contributed by atoms with Crippen molar-refractivity contribution in [3.63, 3.8) is 0 Å². The molecule has 0 saturated carbocycles. The maximum atomic E-state index is 13.3. The quantitative estimate of drug-likeness (QED) is 0.821. The first kappa shape index (κ1) is 20.3. The number of piperidine rings is 1. The Bertz CT molecular complexity index is 749. The molecule has 0 radical (unpaired) electrons. The fourth-order valence-electron chi connectivity index (χ4n) is 2.90. The molecule has 0 spiro atoms. The summed E-state index contributed by atoms with van der Waals surface area (Å²) in [4.78, 5) is 16.9. The highest BCUT2D eigenvalue weighted by Crippen LogP contribution is 2.25.